The largest absolute Gasteiger partial charge is 0.255 e. The Bertz CT molecular complexity index is 189. The Hall–Kier alpha value is -0.570. The molecule has 0 bridgehead atoms. The first-order valence-electron chi connectivity index (χ1n) is 5.85. The predicted molar refractivity (Wildman–Crippen MR) is 60.6 cm³/mol. The molecule has 0 amide bonds. The first-order valence-corrected chi connectivity index (χ1v) is 5.85. The van der Waals surface area contributed by atoms with E-state index in [1.165, 1.54) is 19.4 Å². The Balaban J connectivity index is 2.45. The normalized spacial score (nSPS) is 18.5. The summed E-state index contributed by atoms with van der Waals surface area (Å²) < 4.78 is 2.38. The minimum Gasteiger partial charge on any atom is -0.255 e. The molecule has 1 aliphatic rings. The second kappa shape index (κ2) is 6.02. The van der Waals surface area contributed by atoms with Crippen molar-refractivity contribution in [2.24, 2.45) is 0 Å². The van der Waals surface area contributed by atoms with Gasteiger partial charge < -0.3 is 0 Å². The fraction of sp³-hybridized carbons (Fsp3) is 0.909. The van der Waals surface area contributed by atoms with E-state index in [1.807, 2.05) is 0 Å². The molecule has 0 N–H and O–H groups in total. The highest BCUT2D eigenvalue weighted by atomic mass is 15.4. The van der Waals surface area contributed by atoms with Crippen LogP contribution in [-0.4, -0.2) is 53.7 Å². The lowest BCUT2D eigenvalue weighted by molar-refractivity contribution is -0.554. The number of nitrogens with zero attached hydrogens (tertiary/aromatic N) is 3. The molecule has 0 aromatic rings. The van der Waals surface area contributed by atoms with Crippen molar-refractivity contribution < 1.29 is 4.58 Å². The molecule has 0 aromatic heterocycles. The van der Waals surface area contributed by atoms with Crippen molar-refractivity contribution in [3.63, 3.8) is 0 Å². The van der Waals surface area contributed by atoms with E-state index in [4.69, 9.17) is 0 Å². The third kappa shape index (κ3) is 3.29. The first-order chi connectivity index (χ1) is 6.80. The summed E-state index contributed by atoms with van der Waals surface area (Å²) in [7, 11) is 0. The zero-order valence-corrected chi connectivity index (χ0v) is 9.87. The lowest BCUT2D eigenvalue weighted by Crippen LogP contribution is -2.48. The van der Waals surface area contributed by atoms with E-state index in [9.17, 15) is 0 Å². The van der Waals surface area contributed by atoms with Crippen LogP contribution in [0, 0.1) is 0 Å². The van der Waals surface area contributed by atoms with Gasteiger partial charge in [-0.15, -0.1) is 0 Å². The van der Waals surface area contributed by atoms with Gasteiger partial charge in [-0.05, 0) is 20.3 Å². The van der Waals surface area contributed by atoms with Gasteiger partial charge >= 0.3 is 0 Å². The molecule has 0 saturated heterocycles. The summed E-state index contributed by atoms with van der Waals surface area (Å²) >= 11 is 0. The summed E-state index contributed by atoms with van der Waals surface area (Å²) in [5.74, 6) is 0. The molecule has 1 aliphatic heterocycles. The van der Waals surface area contributed by atoms with Crippen LogP contribution in [-0.2, 0) is 0 Å². The van der Waals surface area contributed by atoms with Crippen LogP contribution in [0.4, 0.5) is 0 Å². The van der Waals surface area contributed by atoms with E-state index in [2.05, 4.69) is 41.5 Å². The second-order valence-corrected chi connectivity index (χ2v) is 3.96. The molecule has 0 saturated carbocycles. The van der Waals surface area contributed by atoms with Gasteiger partial charge in [0, 0.05) is 6.54 Å². The average Bonchev–Trinajstić information content (AvgIpc) is 2.25. The van der Waals surface area contributed by atoms with Crippen molar-refractivity contribution in [3.8, 4) is 0 Å². The van der Waals surface area contributed by atoms with Crippen molar-refractivity contribution in [2.75, 3.05) is 33.0 Å². The monoisotopic (exact) mass is 198 g/mol. The fourth-order valence-electron chi connectivity index (χ4n) is 1.75. The number of hydrogen-bond acceptors (Lipinski definition) is 2. The first kappa shape index (κ1) is 11.5. The molecule has 14 heavy (non-hydrogen) atoms. The van der Waals surface area contributed by atoms with E-state index in [0.717, 1.165) is 26.4 Å². The number of rotatable bonds is 5. The van der Waals surface area contributed by atoms with E-state index >= 15 is 0 Å². The molecule has 0 fully saturated rings. The summed E-state index contributed by atoms with van der Waals surface area (Å²) in [4.78, 5) is 4.90. The summed E-state index contributed by atoms with van der Waals surface area (Å²) in [6.07, 6.45) is 4.87. The second-order valence-electron chi connectivity index (χ2n) is 3.96. The molecular weight excluding hydrogens is 174 g/mol. The van der Waals surface area contributed by atoms with Gasteiger partial charge in [0.05, 0.1) is 13.1 Å². The van der Waals surface area contributed by atoms with Gasteiger partial charge in [0.15, 0.2) is 0 Å². The molecule has 0 spiro atoms. The third-order valence-corrected chi connectivity index (χ3v) is 2.73. The van der Waals surface area contributed by atoms with Crippen molar-refractivity contribution in [3.05, 3.63) is 0 Å². The zero-order valence-electron chi connectivity index (χ0n) is 9.87. The highest BCUT2D eigenvalue weighted by Gasteiger charge is 2.20. The maximum atomic E-state index is 2.52. The Morgan fingerprint density at radius 3 is 2.64 bits per heavy atom. The van der Waals surface area contributed by atoms with Gasteiger partial charge in [-0.25, -0.2) is 4.90 Å². The van der Waals surface area contributed by atoms with Crippen LogP contribution < -0.4 is 0 Å². The van der Waals surface area contributed by atoms with Crippen LogP contribution >= 0.6 is 0 Å². The van der Waals surface area contributed by atoms with Gasteiger partial charge in [0.25, 0.3) is 0 Å². The maximum Gasteiger partial charge on any atom is 0.236 e. The van der Waals surface area contributed by atoms with Crippen molar-refractivity contribution >= 4 is 6.34 Å². The SMILES string of the molecule is CCCCN1CN(CC)C=[N+](CC)C1. The highest BCUT2D eigenvalue weighted by Crippen LogP contribution is 2.01. The molecule has 3 nitrogen and oxygen atoms in total. The van der Waals surface area contributed by atoms with Gasteiger partial charge in [0.1, 0.15) is 13.3 Å². The summed E-state index contributed by atoms with van der Waals surface area (Å²) in [5, 5.41) is 0. The Kier molecular flexibility index (Phi) is 4.94. The Labute approximate surface area is 88.0 Å². The van der Waals surface area contributed by atoms with E-state index in [-0.39, 0.29) is 0 Å². The molecule has 1 heterocycles. The molecule has 0 aromatic carbocycles. The minimum absolute atomic E-state index is 1.10. The molecule has 0 unspecified atom stereocenters. The van der Waals surface area contributed by atoms with Crippen molar-refractivity contribution in [1.29, 1.82) is 0 Å². The van der Waals surface area contributed by atoms with Crippen LogP contribution in [0.15, 0.2) is 0 Å². The van der Waals surface area contributed by atoms with Gasteiger partial charge in [0.2, 0.25) is 6.34 Å². The molecule has 0 aliphatic carbocycles. The topological polar surface area (TPSA) is 9.49 Å². The van der Waals surface area contributed by atoms with E-state index in [0.29, 0.717) is 0 Å². The summed E-state index contributed by atoms with van der Waals surface area (Å²) in [5.41, 5.74) is 0. The Morgan fingerprint density at radius 1 is 1.29 bits per heavy atom. The summed E-state index contributed by atoms with van der Waals surface area (Å²) in [6, 6.07) is 0. The quantitative estimate of drug-likeness (QED) is 0.618. The average molecular weight is 198 g/mol. The maximum absolute atomic E-state index is 2.52. The van der Waals surface area contributed by atoms with Crippen LogP contribution in [0.1, 0.15) is 33.6 Å². The van der Waals surface area contributed by atoms with Gasteiger partial charge in [-0.2, -0.15) is 0 Å². The van der Waals surface area contributed by atoms with Crippen LogP contribution in [0.3, 0.4) is 0 Å². The third-order valence-electron chi connectivity index (χ3n) is 2.73. The lowest BCUT2D eigenvalue weighted by atomic mass is 10.3. The predicted octanol–water partition coefficient (Wildman–Crippen LogP) is 1.40. The highest BCUT2D eigenvalue weighted by molar-refractivity contribution is 5.49. The zero-order chi connectivity index (χ0) is 10.4. The molecule has 0 atom stereocenters. The van der Waals surface area contributed by atoms with Crippen molar-refractivity contribution in [1.82, 2.24) is 9.80 Å². The van der Waals surface area contributed by atoms with Gasteiger partial charge in [-0.3, -0.25) is 9.48 Å². The fourth-order valence-corrected chi connectivity index (χ4v) is 1.75. The van der Waals surface area contributed by atoms with E-state index in [1.54, 1.807) is 0 Å². The molecule has 0 radical (unpaired) electrons. The van der Waals surface area contributed by atoms with Crippen LogP contribution in [0.2, 0.25) is 0 Å². The molecule has 1 rings (SSSR count). The van der Waals surface area contributed by atoms with Crippen molar-refractivity contribution in [2.45, 2.75) is 33.6 Å². The molecule has 82 valence electrons. The Morgan fingerprint density at radius 2 is 2.07 bits per heavy atom. The smallest absolute Gasteiger partial charge is 0.236 e. The van der Waals surface area contributed by atoms with Gasteiger partial charge in [-0.1, -0.05) is 13.3 Å². The number of unbranched alkanes of at least 4 members (excludes halogenated alkanes) is 1. The van der Waals surface area contributed by atoms with Crippen LogP contribution in [0.5, 0.6) is 0 Å². The molecular formula is C11H24N3+. The van der Waals surface area contributed by atoms with Crippen LogP contribution in [0.25, 0.3) is 0 Å². The molecule has 3 heteroatoms. The number of hydrogen-bond donors (Lipinski definition) is 0. The lowest BCUT2D eigenvalue weighted by Gasteiger charge is -2.29. The minimum atomic E-state index is 1.10. The van der Waals surface area contributed by atoms with E-state index < -0.39 is 0 Å². The summed E-state index contributed by atoms with van der Waals surface area (Å²) in [6.45, 7) is 12.3. The standard InChI is InChI=1S/C11H24N3/c1-4-7-8-14-10-12(5-2)9-13(6-3)11-14/h9H,4-8,10-11H2,1-3H3/q+1.